The summed E-state index contributed by atoms with van der Waals surface area (Å²) in [6.07, 6.45) is 5.26. The molecule has 98 valence electrons. The molecule has 3 nitrogen and oxygen atoms in total. The van der Waals surface area contributed by atoms with E-state index in [1.807, 2.05) is 13.0 Å². The fraction of sp³-hybridized carbons (Fsp3) is 0.571. The molecule has 0 aliphatic heterocycles. The second-order valence-electron chi connectivity index (χ2n) is 5.00. The minimum absolute atomic E-state index is 0.0132. The number of alkyl halides is 1. The average Bonchev–Trinajstić information content (AvgIpc) is 2.83. The number of carbonyl (C=O) groups is 1. The maximum absolute atomic E-state index is 12.0. The third kappa shape index (κ3) is 3.22. The van der Waals surface area contributed by atoms with Gasteiger partial charge in [-0.25, -0.2) is 0 Å². The summed E-state index contributed by atoms with van der Waals surface area (Å²) in [5, 5.41) is 3.01. The highest BCUT2D eigenvalue weighted by Crippen LogP contribution is 2.31. The summed E-state index contributed by atoms with van der Waals surface area (Å²) >= 11 is 5.93. The zero-order valence-electron chi connectivity index (χ0n) is 10.7. The molecule has 2 atom stereocenters. The first kappa shape index (κ1) is 13.3. The lowest BCUT2D eigenvalue weighted by Crippen LogP contribution is -2.31. The number of pyridine rings is 1. The van der Waals surface area contributed by atoms with Crippen LogP contribution in [0.1, 0.15) is 35.3 Å². The van der Waals surface area contributed by atoms with Crippen molar-refractivity contribution in [3.8, 4) is 0 Å². The lowest BCUT2D eigenvalue weighted by Gasteiger charge is -2.17. The number of hydrogen-bond acceptors (Lipinski definition) is 2. The molecular weight excluding hydrogens is 248 g/mol. The van der Waals surface area contributed by atoms with Crippen LogP contribution in [0.15, 0.2) is 18.3 Å². The first-order chi connectivity index (χ1) is 8.70. The number of nitrogens with one attached hydrogen (secondary N) is 1. The molecule has 0 aromatic carbocycles. The number of carbonyl (C=O) groups excluding carboxylic acids is 1. The summed E-state index contributed by atoms with van der Waals surface area (Å²) in [4.78, 5) is 16.1. The van der Waals surface area contributed by atoms with Crippen LogP contribution in [0.5, 0.6) is 0 Å². The van der Waals surface area contributed by atoms with Gasteiger partial charge in [-0.2, -0.15) is 0 Å². The van der Waals surface area contributed by atoms with Gasteiger partial charge in [-0.3, -0.25) is 9.78 Å². The van der Waals surface area contributed by atoms with E-state index in [1.165, 1.54) is 19.3 Å². The van der Waals surface area contributed by atoms with Crippen molar-refractivity contribution in [2.75, 3.05) is 12.4 Å². The van der Waals surface area contributed by atoms with Gasteiger partial charge in [0.15, 0.2) is 0 Å². The Hall–Kier alpha value is -1.09. The highest BCUT2D eigenvalue weighted by molar-refractivity contribution is 6.18. The Morgan fingerprint density at radius 1 is 1.50 bits per heavy atom. The van der Waals surface area contributed by atoms with Crippen molar-refractivity contribution in [2.45, 2.75) is 26.2 Å². The molecule has 1 N–H and O–H groups in total. The highest BCUT2D eigenvalue weighted by atomic mass is 35.5. The highest BCUT2D eigenvalue weighted by Gasteiger charge is 2.26. The number of hydrogen-bond donors (Lipinski definition) is 1. The fourth-order valence-electron chi connectivity index (χ4n) is 2.60. The molecule has 1 fully saturated rings. The molecule has 0 radical (unpaired) electrons. The summed E-state index contributed by atoms with van der Waals surface area (Å²) in [5.74, 6) is 1.79. The number of aromatic nitrogens is 1. The SMILES string of the molecule is Cc1cc(C(=O)NCC2CCCC2CCl)ccn1. The second kappa shape index (κ2) is 6.19. The van der Waals surface area contributed by atoms with Gasteiger partial charge in [-0.15, -0.1) is 11.6 Å². The van der Waals surface area contributed by atoms with Crippen LogP contribution in [0.4, 0.5) is 0 Å². The summed E-state index contributed by atoms with van der Waals surface area (Å²) in [6.45, 7) is 2.62. The second-order valence-corrected chi connectivity index (χ2v) is 5.31. The first-order valence-corrected chi connectivity index (χ1v) is 7.01. The van der Waals surface area contributed by atoms with Gasteiger partial charge in [-0.1, -0.05) is 6.42 Å². The van der Waals surface area contributed by atoms with Crippen LogP contribution in [0.2, 0.25) is 0 Å². The lowest BCUT2D eigenvalue weighted by atomic mass is 9.98. The molecule has 1 aliphatic carbocycles. The molecule has 2 rings (SSSR count). The third-order valence-electron chi connectivity index (χ3n) is 3.70. The molecule has 4 heteroatoms. The number of aryl methyl sites for hydroxylation is 1. The van der Waals surface area contributed by atoms with Gasteiger partial charge in [0, 0.05) is 29.9 Å². The number of rotatable bonds is 4. The zero-order chi connectivity index (χ0) is 13.0. The zero-order valence-corrected chi connectivity index (χ0v) is 11.4. The van der Waals surface area contributed by atoms with E-state index in [0.717, 1.165) is 12.2 Å². The van der Waals surface area contributed by atoms with Crippen molar-refractivity contribution in [3.63, 3.8) is 0 Å². The molecule has 1 aromatic rings. The molecular formula is C14H19ClN2O. The van der Waals surface area contributed by atoms with Gasteiger partial charge >= 0.3 is 0 Å². The maximum atomic E-state index is 12.0. The van der Waals surface area contributed by atoms with E-state index < -0.39 is 0 Å². The van der Waals surface area contributed by atoms with Crippen LogP contribution in [0.25, 0.3) is 0 Å². The molecule has 1 aliphatic rings. The van der Waals surface area contributed by atoms with Crippen molar-refractivity contribution in [1.82, 2.24) is 10.3 Å². The fourth-order valence-corrected chi connectivity index (χ4v) is 3.00. The molecule has 2 unspecified atom stereocenters. The summed E-state index contributed by atoms with van der Waals surface area (Å²) in [5.41, 5.74) is 1.55. The van der Waals surface area contributed by atoms with E-state index in [0.29, 0.717) is 23.3 Å². The van der Waals surface area contributed by atoms with Crippen LogP contribution >= 0.6 is 11.6 Å². The number of halogens is 1. The van der Waals surface area contributed by atoms with Gasteiger partial charge in [0.1, 0.15) is 0 Å². The Morgan fingerprint density at radius 3 is 3.00 bits per heavy atom. The van der Waals surface area contributed by atoms with Crippen LogP contribution in [0, 0.1) is 18.8 Å². The molecule has 0 saturated heterocycles. The molecule has 0 spiro atoms. The molecule has 1 amide bonds. The van der Waals surface area contributed by atoms with E-state index in [-0.39, 0.29) is 5.91 Å². The Labute approximate surface area is 113 Å². The van der Waals surface area contributed by atoms with E-state index in [4.69, 9.17) is 11.6 Å². The molecule has 1 aromatic heterocycles. The van der Waals surface area contributed by atoms with Crippen LogP contribution in [0.3, 0.4) is 0 Å². The van der Waals surface area contributed by atoms with E-state index >= 15 is 0 Å². The van der Waals surface area contributed by atoms with Crippen LogP contribution in [-0.4, -0.2) is 23.3 Å². The van der Waals surface area contributed by atoms with Crippen molar-refractivity contribution >= 4 is 17.5 Å². The molecule has 18 heavy (non-hydrogen) atoms. The standard InChI is InChI=1S/C14H19ClN2O/c1-10-7-11(5-6-16-10)14(18)17-9-13-4-2-3-12(13)8-15/h5-7,12-13H,2-4,8-9H2,1H3,(H,17,18). The monoisotopic (exact) mass is 266 g/mol. The minimum Gasteiger partial charge on any atom is -0.352 e. The quantitative estimate of drug-likeness (QED) is 0.852. The first-order valence-electron chi connectivity index (χ1n) is 6.47. The van der Waals surface area contributed by atoms with Crippen LogP contribution in [-0.2, 0) is 0 Å². The van der Waals surface area contributed by atoms with Gasteiger partial charge < -0.3 is 5.32 Å². The average molecular weight is 267 g/mol. The third-order valence-corrected chi connectivity index (χ3v) is 4.09. The Kier molecular flexibility index (Phi) is 4.59. The van der Waals surface area contributed by atoms with Crippen molar-refractivity contribution in [3.05, 3.63) is 29.6 Å². The molecule has 1 heterocycles. The topological polar surface area (TPSA) is 42.0 Å². The Morgan fingerprint density at radius 2 is 2.28 bits per heavy atom. The summed E-state index contributed by atoms with van der Waals surface area (Å²) in [6, 6.07) is 3.55. The number of amides is 1. The van der Waals surface area contributed by atoms with E-state index in [1.54, 1.807) is 12.3 Å². The molecule has 0 bridgehead atoms. The van der Waals surface area contributed by atoms with E-state index in [9.17, 15) is 4.79 Å². The predicted octanol–water partition coefficient (Wildman–Crippen LogP) is 2.77. The lowest BCUT2D eigenvalue weighted by molar-refractivity contribution is 0.0944. The van der Waals surface area contributed by atoms with E-state index in [2.05, 4.69) is 10.3 Å². The largest absolute Gasteiger partial charge is 0.352 e. The molecule has 1 saturated carbocycles. The van der Waals surface area contributed by atoms with Gasteiger partial charge in [0.25, 0.3) is 5.91 Å². The number of nitrogens with zero attached hydrogens (tertiary/aromatic N) is 1. The Balaban J connectivity index is 1.88. The predicted molar refractivity (Wildman–Crippen MR) is 72.9 cm³/mol. The summed E-state index contributed by atoms with van der Waals surface area (Å²) in [7, 11) is 0. The minimum atomic E-state index is -0.0132. The van der Waals surface area contributed by atoms with Crippen molar-refractivity contribution in [2.24, 2.45) is 11.8 Å². The maximum Gasteiger partial charge on any atom is 0.251 e. The van der Waals surface area contributed by atoms with Crippen LogP contribution < -0.4 is 5.32 Å². The Bertz CT molecular complexity index is 422. The van der Waals surface area contributed by atoms with Gasteiger partial charge in [0.2, 0.25) is 0 Å². The van der Waals surface area contributed by atoms with Crippen molar-refractivity contribution < 1.29 is 4.79 Å². The van der Waals surface area contributed by atoms with Crippen molar-refractivity contribution in [1.29, 1.82) is 0 Å². The van der Waals surface area contributed by atoms with Gasteiger partial charge in [0.05, 0.1) is 0 Å². The smallest absolute Gasteiger partial charge is 0.251 e. The van der Waals surface area contributed by atoms with Gasteiger partial charge in [-0.05, 0) is 43.7 Å². The summed E-state index contributed by atoms with van der Waals surface area (Å²) < 4.78 is 0. The normalized spacial score (nSPS) is 23.0.